The summed E-state index contributed by atoms with van der Waals surface area (Å²) < 4.78 is 0. The lowest BCUT2D eigenvalue weighted by molar-refractivity contribution is 0.636. The van der Waals surface area contributed by atoms with Crippen LogP contribution in [0.2, 0.25) is 0 Å². The Kier molecular flexibility index (Phi) is 11.3. The molecule has 29 heavy (non-hydrogen) atoms. The second kappa shape index (κ2) is 14.1. The molecule has 0 fully saturated rings. The van der Waals surface area contributed by atoms with Crippen LogP contribution in [0.5, 0.6) is 0 Å². The van der Waals surface area contributed by atoms with Gasteiger partial charge in [-0.25, -0.2) is 0 Å². The fraction of sp³-hybridized carbons (Fsp3) is 0.556. The fourth-order valence-corrected chi connectivity index (χ4v) is 3.85. The molecule has 0 saturated heterocycles. The summed E-state index contributed by atoms with van der Waals surface area (Å²) in [5.41, 5.74) is 3.97. The molecule has 0 radical (unpaired) electrons. The van der Waals surface area contributed by atoms with E-state index in [2.05, 4.69) is 85.2 Å². The standard InChI is InChI=1S/C27H42N2/c1-4-7-13-22-28(23-14-8-5-2)25-18-20-27(21-19-25)29(24-15-9-6-3)26-16-11-10-12-17-26/h10-12,16-21H,4-9,13-15,22-24H2,1-3H3. The van der Waals surface area contributed by atoms with E-state index >= 15 is 0 Å². The molecule has 0 aliphatic carbocycles. The third-order valence-electron chi connectivity index (χ3n) is 5.64. The molecule has 2 aromatic carbocycles. The normalized spacial score (nSPS) is 10.9. The number of para-hydroxylation sites is 1. The number of nitrogens with zero attached hydrogens (tertiary/aromatic N) is 2. The largest absolute Gasteiger partial charge is 0.372 e. The third kappa shape index (κ3) is 8.12. The van der Waals surface area contributed by atoms with E-state index in [1.54, 1.807) is 0 Å². The second-order valence-corrected chi connectivity index (χ2v) is 8.11. The molecule has 2 nitrogen and oxygen atoms in total. The molecular formula is C27H42N2. The predicted octanol–water partition coefficient (Wildman–Crippen LogP) is 8.20. The maximum Gasteiger partial charge on any atom is 0.0412 e. The number of hydrogen-bond acceptors (Lipinski definition) is 2. The SMILES string of the molecule is CCCCCN(CCCCC)c1ccc(N(CCCCC)c2ccccc2)cc1. The van der Waals surface area contributed by atoms with Crippen LogP contribution in [0, 0.1) is 0 Å². The van der Waals surface area contributed by atoms with E-state index < -0.39 is 0 Å². The van der Waals surface area contributed by atoms with Crippen molar-refractivity contribution in [2.45, 2.75) is 78.6 Å². The van der Waals surface area contributed by atoms with Crippen molar-refractivity contribution in [3.8, 4) is 0 Å². The molecule has 2 heteroatoms. The summed E-state index contributed by atoms with van der Waals surface area (Å²) in [4.78, 5) is 5.07. The van der Waals surface area contributed by atoms with Gasteiger partial charge in [0.1, 0.15) is 0 Å². The van der Waals surface area contributed by atoms with Gasteiger partial charge in [-0.3, -0.25) is 0 Å². The van der Waals surface area contributed by atoms with Gasteiger partial charge < -0.3 is 9.80 Å². The quantitative estimate of drug-likeness (QED) is 0.281. The summed E-state index contributed by atoms with van der Waals surface area (Å²) in [5.74, 6) is 0. The summed E-state index contributed by atoms with van der Waals surface area (Å²) >= 11 is 0. The summed E-state index contributed by atoms with van der Waals surface area (Å²) in [7, 11) is 0. The third-order valence-corrected chi connectivity index (χ3v) is 5.64. The van der Waals surface area contributed by atoms with Crippen LogP contribution in [0.25, 0.3) is 0 Å². The zero-order chi connectivity index (χ0) is 20.7. The highest BCUT2D eigenvalue weighted by Crippen LogP contribution is 2.28. The van der Waals surface area contributed by atoms with Gasteiger partial charge in [0.05, 0.1) is 0 Å². The monoisotopic (exact) mass is 394 g/mol. The zero-order valence-electron chi connectivity index (χ0n) is 19.1. The average molecular weight is 395 g/mol. The summed E-state index contributed by atoms with van der Waals surface area (Å²) in [6.07, 6.45) is 11.6. The zero-order valence-corrected chi connectivity index (χ0v) is 19.1. The first-order chi connectivity index (χ1) is 14.3. The van der Waals surface area contributed by atoms with E-state index in [-0.39, 0.29) is 0 Å². The molecule has 0 heterocycles. The molecule has 0 N–H and O–H groups in total. The van der Waals surface area contributed by atoms with Gasteiger partial charge in [0.25, 0.3) is 0 Å². The van der Waals surface area contributed by atoms with Gasteiger partial charge in [-0.2, -0.15) is 0 Å². The summed E-state index contributed by atoms with van der Waals surface area (Å²) in [5, 5.41) is 0. The number of unbranched alkanes of at least 4 members (excludes halogenated alkanes) is 6. The minimum atomic E-state index is 1.08. The molecule has 0 aliphatic rings. The minimum Gasteiger partial charge on any atom is -0.372 e. The van der Waals surface area contributed by atoms with Crippen LogP contribution in [0.4, 0.5) is 17.1 Å². The Morgan fingerprint density at radius 2 is 0.931 bits per heavy atom. The van der Waals surface area contributed by atoms with Crippen LogP contribution in [-0.2, 0) is 0 Å². The Hall–Kier alpha value is -1.96. The lowest BCUT2D eigenvalue weighted by Crippen LogP contribution is -2.26. The smallest absolute Gasteiger partial charge is 0.0412 e. The van der Waals surface area contributed by atoms with E-state index in [4.69, 9.17) is 0 Å². The van der Waals surface area contributed by atoms with Crippen LogP contribution in [0.1, 0.15) is 78.6 Å². The molecule has 0 spiro atoms. The summed E-state index contributed by atoms with van der Waals surface area (Å²) in [6, 6.07) is 20.1. The van der Waals surface area contributed by atoms with Gasteiger partial charge in [0.2, 0.25) is 0 Å². The highest BCUT2D eigenvalue weighted by Gasteiger charge is 2.11. The Labute approximate surface area is 179 Å². The first-order valence-corrected chi connectivity index (χ1v) is 12.0. The van der Waals surface area contributed by atoms with Crippen molar-refractivity contribution in [3.63, 3.8) is 0 Å². The van der Waals surface area contributed by atoms with Crippen LogP contribution in [0.3, 0.4) is 0 Å². The van der Waals surface area contributed by atoms with Gasteiger partial charge in [0, 0.05) is 36.7 Å². The molecule has 0 bridgehead atoms. The Bertz CT molecular complexity index is 625. The molecule has 0 saturated carbocycles. The highest BCUT2D eigenvalue weighted by molar-refractivity contribution is 5.65. The molecule has 0 atom stereocenters. The van der Waals surface area contributed by atoms with Crippen molar-refractivity contribution in [3.05, 3.63) is 54.6 Å². The molecule has 2 aromatic rings. The molecule has 0 aromatic heterocycles. The van der Waals surface area contributed by atoms with E-state index in [9.17, 15) is 0 Å². The van der Waals surface area contributed by atoms with E-state index in [1.807, 2.05) is 0 Å². The van der Waals surface area contributed by atoms with Crippen LogP contribution in [0.15, 0.2) is 54.6 Å². The lowest BCUT2D eigenvalue weighted by Gasteiger charge is -2.28. The number of anilines is 3. The molecule has 0 aliphatic heterocycles. The number of rotatable bonds is 15. The van der Waals surface area contributed by atoms with Crippen LogP contribution < -0.4 is 9.80 Å². The topological polar surface area (TPSA) is 6.48 Å². The van der Waals surface area contributed by atoms with Crippen molar-refractivity contribution in [1.82, 2.24) is 0 Å². The maximum atomic E-state index is 2.60. The van der Waals surface area contributed by atoms with Crippen molar-refractivity contribution in [2.24, 2.45) is 0 Å². The average Bonchev–Trinajstić information content (AvgIpc) is 2.77. The Balaban J connectivity index is 2.13. The highest BCUT2D eigenvalue weighted by atomic mass is 15.1. The second-order valence-electron chi connectivity index (χ2n) is 8.11. The molecule has 160 valence electrons. The molecule has 0 unspecified atom stereocenters. The Morgan fingerprint density at radius 3 is 1.45 bits per heavy atom. The van der Waals surface area contributed by atoms with Gasteiger partial charge in [-0.1, -0.05) is 77.5 Å². The van der Waals surface area contributed by atoms with Crippen molar-refractivity contribution in [2.75, 3.05) is 29.4 Å². The summed E-state index contributed by atoms with van der Waals surface area (Å²) in [6.45, 7) is 10.3. The van der Waals surface area contributed by atoms with Gasteiger partial charge in [-0.05, 0) is 55.7 Å². The molecular weight excluding hydrogens is 352 g/mol. The minimum absolute atomic E-state index is 1.08. The van der Waals surface area contributed by atoms with Crippen molar-refractivity contribution >= 4 is 17.1 Å². The molecule has 2 rings (SSSR count). The molecule has 0 amide bonds. The van der Waals surface area contributed by atoms with Crippen LogP contribution >= 0.6 is 0 Å². The van der Waals surface area contributed by atoms with E-state index in [0.717, 1.165) is 6.54 Å². The predicted molar refractivity (Wildman–Crippen MR) is 131 cm³/mol. The van der Waals surface area contributed by atoms with Gasteiger partial charge in [0.15, 0.2) is 0 Å². The number of hydrogen-bond donors (Lipinski definition) is 0. The van der Waals surface area contributed by atoms with Crippen molar-refractivity contribution in [1.29, 1.82) is 0 Å². The maximum absolute atomic E-state index is 2.60. The van der Waals surface area contributed by atoms with E-state index in [1.165, 1.54) is 87.9 Å². The van der Waals surface area contributed by atoms with Gasteiger partial charge in [-0.15, -0.1) is 0 Å². The fourth-order valence-electron chi connectivity index (χ4n) is 3.85. The van der Waals surface area contributed by atoms with Gasteiger partial charge >= 0.3 is 0 Å². The lowest BCUT2D eigenvalue weighted by atomic mass is 10.1. The first kappa shape index (κ1) is 23.3. The van der Waals surface area contributed by atoms with E-state index in [0.29, 0.717) is 0 Å². The Morgan fingerprint density at radius 1 is 0.483 bits per heavy atom. The van der Waals surface area contributed by atoms with Crippen molar-refractivity contribution < 1.29 is 0 Å². The first-order valence-electron chi connectivity index (χ1n) is 12.0. The van der Waals surface area contributed by atoms with Crippen LogP contribution in [-0.4, -0.2) is 19.6 Å². The number of benzene rings is 2.